The van der Waals surface area contributed by atoms with Crippen LogP contribution in [0.25, 0.3) is 0 Å². The monoisotopic (exact) mass is 392 g/mol. The Labute approximate surface area is 135 Å². The van der Waals surface area contributed by atoms with E-state index < -0.39 is 21.9 Å². The summed E-state index contributed by atoms with van der Waals surface area (Å²) in [5, 5.41) is 7.46. The zero-order valence-corrected chi connectivity index (χ0v) is 17.5. The van der Waals surface area contributed by atoms with E-state index in [1.165, 1.54) is 0 Å². The minimum absolute atomic E-state index is 0. The molecule has 0 atom stereocenters. The fourth-order valence-corrected chi connectivity index (χ4v) is 0.340. The van der Waals surface area contributed by atoms with Crippen molar-refractivity contribution in [1.82, 2.24) is 0 Å². The second kappa shape index (κ2) is 53.5. The van der Waals surface area contributed by atoms with E-state index in [1.54, 1.807) is 6.88 Å². The van der Waals surface area contributed by atoms with Gasteiger partial charge in [0.05, 0.1) is 0 Å². The van der Waals surface area contributed by atoms with E-state index >= 15 is 0 Å². The molecule has 1 rings (SSSR count). The van der Waals surface area contributed by atoms with Crippen molar-refractivity contribution >= 4 is 41.2 Å². The first-order valence-corrected chi connectivity index (χ1v) is 13.5. The summed E-state index contributed by atoms with van der Waals surface area (Å²) < 4.78 is 9.11. The van der Waals surface area contributed by atoms with Gasteiger partial charge in [0.2, 0.25) is 0 Å². The molecule has 0 heterocycles. The second-order valence-corrected chi connectivity index (χ2v) is 5.52. The predicted molar refractivity (Wildman–Crippen MR) is 83.0 cm³/mol. The van der Waals surface area contributed by atoms with Gasteiger partial charge in [-0.05, 0) is 0 Å². The van der Waals surface area contributed by atoms with Crippen molar-refractivity contribution in [1.29, 1.82) is 0 Å². The summed E-state index contributed by atoms with van der Waals surface area (Å²) in [5.74, 6) is 0. The van der Waals surface area contributed by atoms with Gasteiger partial charge in [0.15, 0.2) is 0 Å². The quantitative estimate of drug-likeness (QED) is 0.503. The molecule has 0 aromatic carbocycles. The molecule has 0 fully saturated rings. The third-order valence-electron chi connectivity index (χ3n) is 0.586. The molecule has 2 nitrogen and oxygen atoms in total. The summed E-state index contributed by atoms with van der Waals surface area (Å²) in [7, 11) is 0.750. The molecule has 0 aromatic heterocycles. The van der Waals surface area contributed by atoms with Gasteiger partial charge in [-0.1, -0.05) is 19.7 Å². The van der Waals surface area contributed by atoms with Crippen molar-refractivity contribution in [3.8, 4) is 0 Å². The molecule has 17 heavy (non-hydrogen) atoms. The zero-order chi connectivity index (χ0) is 11.7. The van der Waals surface area contributed by atoms with Crippen LogP contribution in [0.1, 0.15) is 6.42 Å². The van der Waals surface area contributed by atoms with Gasteiger partial charge in [0.1, 0.15) is 0 Å². The molecule has 1 aliphatic carbocycles. The van der Waals surface area contributed by atoms with Crippen LogP contribution in [-0.4, -0.2) is 28.1 Å². The molecule has 1 radical (unpaired) electrons. The van der Waals surface area contributed by atoms with Gasteiger partial charge in [-0.25, -0.2) is 12.2 Å². The molecule has 1 aliphatic rings. The Morgan fingerprint density at radius 1 is 1.53 bits per heavy atom. The van der Waals surface area contributed by atoms with Crippen molar-refractivity contribution in [3.05, 3.63) is 38.7 Å². The molecular formula is C10H24Cl2O2Si2Zr-3. The van der Waals surface area contributed by atoms with Crippen molar-refractivity contribution in [2.24, 2.45) is 0 Å². The summed E-state index contributed by atoms with van der Waals surface area (Å²) >= 11 is -0.992. The number of aliphatic hydroxyl groups excluding tert-OH is 1. The molecule has 1 N–H and O–H groups in total. The normalized spacial score (nSPS) is 7.76. The molecule has 0 amide bonds. The van der Waals surface area contributed by atoms with Gasteiger partial charge in [-0.3, -0.25) is 6.08 Å². The molecule has 0 spiro atoms. The van der Waals surface area contributed by atoms with Crippen molar-refractivity contribution < 1.29 is 29.8 Å². The third-order valence-corrected chi connectivity index (χ3v) is 0.586. The van der Waals surface area contributed by atoms with E-state index in [4.69, 9.17) is 7.92 Å². The van der Waals surface area contributed by atoms with E-state index in [1.807, 2.05) is 12.2 Å². The van der Waals surface area contributed by atoms with Crippen LogP contribution in [0.5, 0.6) is 0 Å². The summed E-state index contributed by atoms with van der Waals surface area (Å²) in [4.78, 5) is 0. The Bertz CT molecular complexity index is 162. The van der Waals surface area contributed by atoms with E-state index in [9.17, 15) is 0 Å². The maximum absolute atomic E-state index is 9.11. The van der Waals surface area contributed by atoms with Gasteiger partial charge < -0.3 is 19.5 Å². The fourth-order valence-electron chi connectivity index (χ4n) is 0.340. The van der Waals surface area contributed by atoms with Crippen LogP contribution < -0.4 is 0 Å². The number of halogens is 2. The van der Waals surface area contributed by atoms with Gasteiger partial charge in [-0.2, -0.15) is 6.08 Å². The third kappa shape index (κ3) is 104. The van der Waals surface area contributed by atoms with Crippen molar-refractivity contribution in [2.75, 3.05) is 6.61 Å². The van der Waals surface area contributed by atoms with Crippen LogP contribution in [0.15, 0.2) is 18.2 Å². The molecule has 0 bridgehead atoms. The SMILES string of the molecule is C[SiH]C.Cl.Cl.[C-]1=CC=CC1.[CH2-]CO.[CH3-].[O]=[Zr]=[SiH2]. The first-order valence-electron chi connectivity index (χ1n) is 4.25. The number of hydrogen-bond acceptors (Lipinski definition) is 2. The second-order valence-electron chi connectivity index (χ2n) is 1.95. The van der Waals surface area contributed by atoms with Gasteiger partial charge in [0, 0.05) is 9.52 Å². The van der Waals surface area contributed by atoms with Crippen LogP contribution in [0.3, 0.4) is 0 Å². The first-order chi connectivity index (χ1) is 6.74. The maximum atomic E-state index is 9.11. The number of rotatable bonds is 0. The molecular weight excluding hydrogens is 370 g/mol. The fraction of sp³-hybridized carbons (Fsp3) is 0.400. The Kier molecular flexibility index (Phi) is 114. The van der Waals surface area contributed by atoms with E-state index in [0.29, 0.717) is 0 Å². The van der Waals surface area contributed by atoms with Crippen LogP contribution in [0.2, 0.25) is 13.1 Å². The molecule has 0 saturated heterocycles. The van der Waals surface area contributed by atoms with Crippen molar-refractivity contribution in [2.45, 2.75) is 19.5 Å². The van der Waals surface area contributed by atoms with E-state index in [2.05, 4.69) is 32.2 Å². The average molecular weight is 395 g/mol. The Morgan fingerprint density at radius 2 is 1.82 bits per heavy atom. The van der Waals surface area contributed by atoms with Gasteiger partial charge in [0.25, 0.3) is 0 Å². The number of aliphatic hydroxyl groups is 1. The standard InChI is InChI=1S/C5H5.C2H5O.C2H7Si.CH3.2ClH.O.H2Si.Zr/c1-2-4-5-3-1;1-2-3;1-3-2;;;;;;/h1-3H,4H2;3H,1-2H2;3H,1-2H3;1H3;2*1H;;1H2;/q2*-1;;-1;;;;;. The molecule has 0 unspecified atom stereocenters. The van der Waals surface area contributed by atoms with Crippen LogP contribution >= 0.6 is 24.8 Å². The summed E-state index contributed by atoms with van der Waals surface area (Å²) in [5.41, 5.74) is 0. The molecule has 0 saturated carbocycles. The van der Waals surface area contributed by atoms with Gasteiger partial charge >= 0.3 is 31.5 Å². The van der Waals surface area contributed by atoms with Crippen LogP contribution in [0, 0.1) is 20.4 Å². The molecule has 0 aromatic rings. The van der Waals surface area contributed by atoms with E-state index in [0.717, 1.165) is 15.9 Å². The number of hydrogen-bond donors (Lipinski definition) is 1. The Hall–Kier alpha value is 1.14. The summed E-state index contributed by atoms with van der Waals surface area (Å²) in [6.07, 6.45) is 10.0. The van der Waals surface area contributed by atoms with E-state index in [-0.39, 0.29) is 38.8 Å². The Morgan fingerprint density at radius 3 is 1.88 bits per heavy atom. The summed E-state index contributed by atoms with van der Waals surface area (Å²) in [6, 6.07) is 0. The molecule has 7 heteroatoms. The topological polar surface area (TPSA) is 37.3 Å². The number of allylic oxidation sites excluding steroid dienone is 4. The minimum atomic E-state index is -0.992. The molecule has 0 aliphatic heterocycles. The molecule has 105 valence electrons. The van der Waals surface area contributed by atoms with Crippen LogP contribution in [0.4, 0.5) is 0 Å². The first kappa shape index (κ1) is 36.2. The Balaban J connectivity index is -0.0000000232. The van der Waals surface area contributed by atoms with Crippen LogP contribution in [-0.2, 0) is 24.7 Å². The van der Waals surface area contributed by atoms with Crippen molar-refractivity contribution in [3.63, 3.8) is 0 Å². The average Bonchev–Trinajstić information content (AvgIpc) is 2.63. The zero-order valence-electron chi connectivity index (χ0n) is 10.8. The summed E-state index contributed by atoms with van der Waals surface area (Å²) in [6.45, 7) is 9.05. The predicted octanol–water partition coefficient (Wildman–Crippen LogP) is 1.89. The van der Waals surface area contributed by atoms with Gasteiger partial charge in [-0.15, -0.1) is 31.2 Å².